The van der Waals surface area contributed by atoms with Crippen molar-refractivity contribution >= 4 is 28.8 Å². The van der Waals surface area contributed by atoms with Crippen molar-refractivity contribution in [1.29, 1.82) is 0 Å². The number of hydrogen-bond donors (Lipinski definition) is 4. The molecule has 3 aliphatic heterocycles. The van der Waals surface area contributed by atoms with Crippen LogP contribution >= 0.6 is 0 Å². The van der Waals surface area contributed by atoms with Gasteiger partial charge in [0.25, 0.3) is 0 Å². The number of urea groups is 1. The van der Waals surface area contributed by atoms with Crippen molar-refractivity contribution < 1.29 is 28.9 Å². The van der Waals surface area contributed by atoms with Gasteiger partial charge in [0, 0.05) is 74.1 Å². The highest BCUT2D eigenvalue weighted by Gasteiger charge is 2.34. The van der Waals surface area contributed by atoms with Crippen molar-refractivity contribution in [3.8, 4) is 22.5 Å². The monoisotopic (exact) mass is 741 g/mol. The number of aliphatic hydroxyl groups excluding tert-OH is 1. The lowest BCUT2D eigenvalue weighted by molar-refractivity contribution is -0.0624. The number of carbonyl (C=O) groups excluding carboxylic acids is 1. The molecule has 0 aliphatic carbocycles. The zero-order valence-corrected chi connectivity index (χ0v) is 31.4. The van der Waals surface area contributed by atoms with E-state index in [-0.39, 0.29) is 30.7 Å². The Morgan fingerprint density at radius 2 is 1.69 bits per heavy atom. The maximum absolute atomic E-state index is 15.1. The summed E-state index contributed by atoms with van der Waals surface area (Å²) in [6.07, 6.45) is 5.76. The van der Waals surface area contributed by atoms with Crippen LogP contribution in [-0.4, -0.2) is 116 Å². The van der Waals surface area contributed by atoms with Crippen LogP contribution in [0.4, 0.5) is 19.7 Å². The van der Waals surface area contributed by atoms with Crippen LogP contribution in [0.1, 0.15) is 57.1 Å². The Bertz CT molecular complexity index is 1940. The van der Waals surface area contributed by atoms with E-state index in [9.17, 15) is 19.8 Å². The fourth-order valence-electron chi connectivity index (χ4n) is 8.28. The van der Waals surface area contributed by atoms with Crippen LogP contribution in [0.25, 0.3) is 33.5 Å². The molecule has 3 aliphatic rings. The second-order valence-corrected chi connectivity index (χ2v) is 15.7. The van der Waals surface area contributed by atoms with Crippen LogP contribution in [0.3, 0.4) is 0 Å². The number of piperidine rings is 2. The molecule has 3 saturated heterocycles. The standard InChI is InChI=1S/C41H52FN7O5/c1-25(2)18-29-22-49(23-37(29)50)40(51)46-35-20-30(42)19-33(26(35)3)38-34-21-36(45-39(34)44-24-43-38)28-6-4-27(5-7-28)8-13-47-14-9-31(10-15-47)54-32-11-16-48(17-12-32)41(52)53/h4-7,19-21,24-25,29,31-32,37,50H,8-18,22-23H2,1-3H3,(H,46,51)(H,52,53)(H,43,44,45)/t29-,37-/m0/s1. The number of fused-ring (bicyclic) bond motifs is 1. The Kier molecular flexibility index (Phi) is 11.5. The van der Waals surface area contributed by atoms with Crippen molar-refractivity contribution in [2.75, 3.05) is 51.1 Å². The third kappa shape index (κ3) is 8.69. The lowest BCUT2D eigenvalue weighted by Crippen LogP contribution is -2.43. The largest absolute Gasteiger partial charge is 0.465 e. The summed E-state index contributed by atoms with van der Waals surface area (Å²) in [4.78, 5) is 42.4. The number of nitrogens with one attached hydrogen (secondary N) is 2. The quantitative estimate of drug-likeness (QED) is 0.139. The summed E-state index contributed by atoms with van der Waals surface area (Å²) in [5.74, 6) is -0.0558. The Balaban J connectivity index is 0.962. The highest BCUT2D eigenvalue weighted by Crippen LogP contribution is 2.35. The minimum absolute atomic E-state index is 0.0212. The van der Waals surface area contributed by atoms with Crippen LogP contribution in [0.15, 0.2) is 48.8 Å². The first-order valence-electron chi connectivity index (χ1n) is 19.3. The number of nitrogens with zero attached hydrogens (tertiary/aromatic N) is 5. The average molecular weight is 742 g/mol. The summed E-state index contributed by atoms with van der Waals surface area (Å²) in [5, 5.41) is 23.4. The number of benzene rings is 2. The third-order valence-electron chi connectivity index (χ3n) is 11.4. The molecule has 0 unspecified atom stereocenters. The van der Waals surface area contributed by atoms with Crippen molar-refractivity contribution in [3.05, 3.63) is 65.7 Å². The van der Waals surface area contributed by atoms with E-state index in [1.807, 2.05) is 13.0 Å². The highest BCUT2D eigenvalue weighted by atomic mass is 19.1. The molecular formula is C41H52FN7O5. The molecule has 2 aromatic carbocycles. The van der Waals surface area contributed by atoms with Crippen molar-refractivity contribution in [2.45, 2.75) is 77.6 Å². The van der Waals surface area contributed by atoms with E-state index < -0.39 is 18.0 Å². The number of halogens is 1. The normalized spacial score (nSPS) is 20.3. The summed E-state index contributed by atoms with van der Waals surface area (Å²) in [7, 11) is 0. The van der Waals surface area contributed by atoms with Crippen LogP contribution in [0, 0.1) is 24.6 Å². The Morgan fingerprint density at radius 3 is 2.37 bits per heavy atom. The van der Waals surface area contributed by atoms with Gasteiger partial charge in [-0.1, -0.05) is 38.1 Å². The summed E-state index contributed by atoms with van der Waals surface area (Å²) in [6.45, 7) is 10.8. The minimum atomic E-state index is -0.841. The Hall–Kier alpha value is -4.59. The summed E-state index contributed by atoms with van der Waals surface area (Å²) in [5.41, 5.74) is 5.94. The van der Waals surface area contributed by atoms with Gasteiger partial charge in [-0.05, 0) is 86.3 Å². The molecule has 4 N–H and O–H groups in total. The molecule has 3 amide bonds. The lowest BCUT2D eigenvalue weighted by Gasteiger charge is -2.36. The zero-order chi connectivity index (χ0) is 37.9. The summed E-state index contributed by atoms with van der Waals surface area (Å²) in [6, 6.07) is 12.9. The average Bonchev–Trinajstić information content (AvgIpc) is 3.76. The Morgan fingerprint density at radius 1 is 0.981 bits per heavy atom. The molecule has 13 heteroatoms. The van der Waals surface area contributed by atoms with Gasteiger partial charge in [-0.2, -0.15) is 0 Å². The first-order chi connectivity index (χ1) is 26.0. The van der Waals surface area contributed by atoms with Crippen LogP contribution < -0.4 is 5.32 Å². The number of carboxylic acid groups (broad SMARTS) is 1. The maximum Gasteiger partial charge on any atom is 0.407 e. The molecule has 5 heterocycles. The van der Waals surface area contributed by atoms with E-state index in [4.69, 9.17) is 4.74 Å². The van der Waals surface area contributed by atoms with E-state index in [1.165, 1.54) is 28.9 Å². The van der Waals surface area contributed by atoms with Gasteiger partial charge in [-0.3, -0.25) is 0 Å². The molecule has 7 rings (SSSR count). The molecule has 3 fully saturated rings. The van der Waals surface area contributed by atoms with Gasteiger partial charge in [0.1, 0.15) is 17.8 Å². The predicted molar refractivity (Wildman–Crippen MR) is 206 cm³/mol. The fourth-order valence-corrected chi connectivity index (χ4v) is 8.28. The van der Waals surface area contributed by atoms with Crippen molar-refractivity contribution in [3.63, 3.8) is 0 Å². The number of aliphatic hydroxyl groups is 1. The summed E-state index contributed by atoms with van der Waals surface area (Å²) >= 11 is 0. The number of carbonyl (C=O) groups is 2. The number of likely N-dealkylation sites (tertiary alicyclic amines) is 3. The molecule has 0 radical (unpaired) electrons. The van der Waals surface area contributed by atoms with Crippen LogP contribution in [-0.2, 0) is 11.2 Å². The van der Waals surface area contributed by atoms with Gasteiger partial charge < -0.3 is 40.0 Å². The molecule has 4 aromatic rings. The highest BCUT2D eigenvalue weighted by molar-refractivity contribution is 5.97. The molecule has 2 atom stereocenters. The topological polar surface area (TPSA) is 147 Å². The molecule has 2 aromatic heterocycles. The number of rotatable bonds is 10. The van der Waals surface area contributed by atoms with Crippen molar-refractivity contribution in [1.82, 2.24) is 29.7 Å². The second-order valence-electron chi connectivity index (χ2n) is 15.7. The molecule has 0 saturated carbocycles. The molecule has 12 nitrogen and oxygen atoms in total. The van der Waals surface area contributed by atoms with Crippen molar-refractivity contribution in [2.24, 2.45) is 11.8 Å². The predicted octanol–water partition coefficient (Wildman–Crippen LogP) is 6.78. The van der Waals surface area contributed by atoms with Gasteiger partial charge in [0.15, 0.2) is 0 Å². The van der Waals surface area contributed by atoms with Gasteiger partial charge in [0.05, 0.1) is 24.0 Å². The second kappa shape index (κ2) is 16.4. The maximum atomic E-state index is 15.1. The number of aromatic nitrogens is 3. The smallest absolute Gasteiger partial charge is 0.407 e. The molecule has 0 bridgehead atoms. The molecule has 0 spiro atoms. The number of H-pyrrole nitrogens is 1. The van der Waals surface area contributed by atoms with Crippen LogP contribution in [0.5, 0.6) is 0 Å². The SMILES string of the molecule is Cc1c(NC(=O)N2C[C@H](CC(C)C)[C@@H](O)C2)cc(F)cc1-c1ncnc2[nH]c(-c3ccc(CCN4CCC(OC5CCN(C(=O)O)CC5)CC4)cc3)cc12. The van der Waals surface area contributed by atoms with E-state index in [0.717, 1.165) is 74.8 Å². The molecular weight excluding hydrogens is 689 g/mol. The fraction of sp³-hybridized carbons (Fsp3) is 0.512. The van der Waals surface area contributed by atoms with E-state index in [2.05, 4.69) is 63.3 Å². The Labute approximate surface area is 315 Å². The van der Waals surface area contributed by atoms with Gasteiger partial charge in [-0.25, -0.2) is 23.9 Å². The van der Waals surface area contributed by atoms with E-state index in [0.29, 0.717) is 53.7 Å². The zero-order valence-electron chi connectivity index (χ0n) is 31.4. The van der Waals surface area contributed by atoms with E-state index in [1.54, 1.807) is 4.90 Å². The number of anilines is 1. The first-order valence-corrected chi connectivity index (χ1v) is 19.3. The number of β-amino-alcohol motifs (C(OH)–C–C–N with tert-alkyl or cyclic N) is 1. The molecule has 288 valence electrons. The minimum Gasteiger partial charge on any atom is -0.465 e. The lowest BCUT2D eigenvalue weighted by atomic mass is 9.95. The van der Waals surface area contributed by atoms with Crippen LogP contribution in [0.2, 0.25) is 0 Å². The van der Waals surface area contributed by atoms with Gasteiger partial charge in [0.2, 0.25) is 0 Å². The first kappa shape index (κ1) is 37.7. The number of hydrogen-bond acceptors (Lipinski definition) is 7. The van der Waals surface area contributed by atoms with Gasteiger partial charge >= 0.3 is 12.1 Å². The van der Waals surface area contributed by atoms with Gasteiger partial charge in [-0.15, -0.1) is 0 Å². The number of aromatic amines is 1. The third-order valence-corrected chi connectivity index (χ3v) is 11.4. The van der Waals surface area contributed by atoms with E-state index >= 15 is 4.39 Å². The number of amides is 3. The number of ether oxygens (including phenoxy) is 1. The molecule has 54 heavy (non-hydrogen) atoms. The summed E-state index contributed by atoms with van der Waals surface area (Å²) < 4.78 is 21.5.